The van der Waals surface area contributed by atoms with Crippen LogP contribution in [0.3, 0.4) is 0 Å². The molecule has 1 aliphatic carbocycles. The van der Waals surface area contributed by atoms with E-state index in [0.717, 1.165) is 56.0 Å². The lowest BCUT2D eigenvalue weighted by molar-refractivity contribution is -0.0514. The molecular weight excluding hydrogens is 598 g/mol. The van der Waals surface area contributed by atoms with Gasteiger partial charge in [-0.05, 0) is 51.3 Å². The molecule has 2 saturated heterocycles. The highest BCUT2D eigenvalue weighted by Crippen LogP contribution is 2.33. The molecule has 0 spiro atoms. The van der Waals surface area contributed by atoms with Crippen LogP contribution >= 0.6 is 0 Å². The van der Waals surface area contributed by atoms with Crippen LogP contribution < -0.4 is 25.8 Å². The van der Waals surface area contributed by atoms with Gasteiger partial charge in [0.2, 0.25) is 5.95 Å². The van der Waals surface area contributed by atoms with Gasteiger partial charge in [-0.2, -0.15) is 5.26 Å². The summed E-state index contributed by atoms with van der Waals surface area (Å²) < 4.78 is 24.8. The molecule has 13 heteroatoms. The number of hydrogen-bond acceptors (Lipinski definition) is 11. The Morgan fingerprint density at radius 2 is 1.89 bits per heavy atom. The zero-order valence-corrected chi connectivity index (χ0v) is 27.6. The zero-order chi connectivity index (χ0) is 33.0. The number of nitrogens with one attached hydrogen (secondary N) is 2. The fourth-order valence-electron chi connectivity index (χ4n) is 5.68. The van der Waals surface area contributed by atoms with Crippen LogP contribution in [0, 0.1) is 17.2 Å². The van der Waals surface area contributed by atoms with Gasteiger partial charge in [-0.15, -0.1) is 5.10 Å². The Morgan fingerprint density at radius 1 is 1.15 bits per heavy atom. The van der Waals surface area contributed by atoms with Gasteiger partial charge in [0.25, 0.3) is 5.88 Å². The largest absolute Gasteiger partial charge is 0.487 e. The van der Waals surface area contributed by atoms with Crippen molar-refractivity contribution in [2.75, 3.05) is 44.8 Å². The molecule has 252 valence electrons. The minimum Gasteiger partial charge on any atom is -0.487 e. The van der Waals surface area contributed by atoms with Crippen LogP contribution in [-0.2, 0) is 9.47 Å². The van der Waals surface area contributed by atoms with E-state index in [-0.39, 0.29) is 6.10 Å². The lowest BCUT2D eigenvalue weighted by Gasteiger charge is -2.25. The van der Waals surface area contributed by atoms with Gasteiger partial charge in [-0.1, -0.05) is 25.3 Å². The molecule has 2 aromatic heterocycles. The Balaban J connectivity index is 0.000000474. The number of anilines is 2. The third kappa shape index (κ3) is 9.87. The van der Waals surface area contributed by atoms with Crippen molar-refractivity contribution in [2.45, 2.75) is 77.2 Å². The number of nitrogens with two attached hydrogens (primary N) is 1. The second-order valence-electron chi connectivity index (χ2n) is 12.4. The third-order valence-corrected chi connectivity index (χ3v) is 8.27. The molecule has 2 unspecified atom stereocenters. The highest BCUT2D eigenvalue weighted by molar-refractivity contribution is 5.67. The van der Waals surface area contributed by atoms with Crippen LogP contribution in [-0.4, -0.2) is 83.9 Å². The van der Waals surface area contributed by atoms with E-state index in [0.29, 0.717) is 60.5 Å². The van der Waals surface area contributed by atoms with E-state index in [4.69, 9.17) is 29.8 Å². The zero-order valence-electron chi connectivity index (χ0n) is 27.6. The molecule has 3 aliphatic rings. The summed E-state index contributed by atoms with van der Waals surface area (Å²) in [6.07, 6.45) is 13.2. The van der Waals surface area contributed by atoms with E-state index in [2.05, 4.69) is 45.5 Å². The molecule has 13 nitrogen and oxygen atoms in total. The molecule has 1 aromatic carbocycles. The maximum Gasteiger partial charge on any atom is 0.256 e. The average molecular weight is 646 g/mol. The van der Waals surface area contributed by atoms with E-state index < -0.39 is 0 Å². The summed E-state index contributed by atoms with van der Waals surface area (Å²) in [5.74, 6) is 1.87. The number of aliphatic imine (C=N–C) groups is 1. The van der Waals surface area contributed by atoms with Gasteiger partial charge in [0.1, 0.15) is 23.6 Å². The topological polar surface area (TPSA) is 167 Å². The van der Waals surface area contributed by atoms with E-state index in [9.17, 15) is 5.26 Å². The van der Waals surface area contributed by atoms with Gasteiger partial charge >= 0.3 is 0 Å². The van der Waals surface area contributed by atoms with Crippen LogP contribution in [0.1, 0.15) is 64.5 Å². The lowest BCUT2D eigenvalue weighted by Crippen LogP contribution is -2.41. The van der Waals surface area contributed by atoms with E-state index in [1.54, 1.807) is 18.5 Å². The van der Waals surface area contributed by atoms with Crippen LogP contribution in [0.25, 0.3) is 11.1 Å². The fraction of sp³-hybridized carbons (Fsp3) is 0.559. The molecule has 3 aromatic rings. The molecule has 0 radical (unpaired) electrons. The van der Waals surface area contributed by atoms with Gasteiger partial charge < -0.3 is 35.3 Å². The number of morpholine rings is 1. The number of rotatable bonds is 11. The minimum absolute atomic E-state index is 0.238. The summed E-state index contributed by atoms with van der Waals surface area (Å²) in [5, 5.41) is 20.8. The quantitative estimate of drug-likeness (QED) is 0.197. The van der Waals surface area contributed by atoms with Crippen molar-refractivity contribution < 1.29 is 18.9 Å². The van der Waals surface area contributed by atoms with Gasteiger partial charge in [0, 0.05) is 37.0 Å². The first kappa shape index (κ1) is 34.1. The van der Waals surface area contributed by atoms with Crippen molar-refractivity contribution in [1.29, 1.82) is 5.26 Å². The van der Waals surface area contributed by atoms with Crippen LogP contribution in [0.4, 0.5) is 11.6 Å². The van der Waals surface area contributed by atoms with Crippen molar-refractivity contribution in [3.8, 4) is 28.8 Å². The van der Waals surface area contributed by atoms with E-state index >= 15 is 0 Å². The summed E-state index contributed by atoms with van der Waals surface area (Å²) in [5.41, 5.74) is 8.15. The van der Waals surface area contributed by atoms with Crippen molar-refractivity contribution in [3.63, 3.8) is 0 Å². The number of hydrogen-bond donors (Lipinski definition) is 3. The summed E-state index contributed by atoms with van der Waals surface area (Å²) in [4.78, 5) is 13.1. The van der Waals surface area contributed by atoms with Gasteiger partial charge in [-0.25, -0.2) is 9.97 Å². The summed E-state index contributed by atoms with van der Waals surface area (Å²) in [6, 6.07) is 7.95. The molecular formula is C34H47N9O4. The summed E-state index contributed by atoms with van der Waals surface area (Å²) >= 11 is 0. The highest BCUT2D eigenvalue weighted by Gasteiger charge is 2.23. The Hall–Kier alpha value is -4.25. The lowest BCUT2D eigenvalue weighted by atomic mass is 9.96. The van der Waals surface area contributed by atoms with E-state index in [1.807, 2.05) is 29.9 Å². The van der Waals surface area contributed by atoms with Crippen LogP contribution in [0.5, 0.6) is 11.6 Å². The Kier molecular flexibility index (Phi) is 12.4. The molecule has 4 heterocycles. The van der Waals surface area contributed by atoms with Crippen molar-refractivity contribution in [1.82, 2.24) is 25.1 Å². The molecule has 3 fully saturated rings. The minimum atomic E-state index is -0.238. The second-order valence-corrected chi connectivity index (χ2v) is 12.4. The smallest absolute Gasteiger partial charge is 0.256 e. The monoisotopic (exact) mass is 645 g/mol. The maximum absolute atomic E-state index is 9.50. The number of nitriles is 1. The fourth-order valence-corrected chi connectivity index (χ4v) is 5.68. The van der Waals surface area contributed by atoms with Gasteiger partial charge in [0.05, 0.1) is 62.7 Å². The predicted molar refractivity (Wildman–Crippen MR) is 180 cm³/mol. The number of benzene rings is 1. The Bertz CT molecular complexity index is 1470. The molecule has 3 atom stereocenters. The number of ether oxygens (including phenoxy) is 4. The van der Waals surface area contributed by atoms with Crippen LogP contribution in [0.2, 0.25) is 0 Å². The summed E-state index contributed by atoms with van der Waals surface area (Å²) in [7, 11) is 0. The first-order valence-electron chi connectivity index (χ1n) is 16.6. The van der Waals surface area contributed by atoms with Gasteiger partial charge in [0.15, 0.2) is 0 Å². The molecule has 47 heavy (non-hydrogen) atoms. The van der Waals surface area contributed by atoms with Crippen molar-refractivity contribution in [3.05, 3.63) is 42.4 Å². The third-order valence-electron chi connectivity index (χ3n) is 8.27. The predicted octanol–water partition coefficient (Wildman–Crippen LogP) is 4.62. The molecule has 1 saturated carbocycles. The standard InChI is InChI=1S/C28H34N8O3.C6H13NO/c1-19(11-31-18-30)39-26-9-21(7-8-22(26)10-29)23-12-32-28(33-13-23)34-25-14-36(24-5-3-2-4-6-24)35-27(25)38-17-20-15-37-16-20;1-5-3-7-4-6(2)8-5/h7-9,12-14,18-20,24H,2-6,11,15-17H2,1H3,(H2,30,31)(H,32,33,34);5-7H,3-4H2,1-2H3/t19-;/m0./s1. The Labute approximate surface area is 276 Å². The SMILES string of the molecule is CC1CNCC(C)O1.C[C@@H](CN=CN)Oc1cc(-c2cnc(Nc3cn(C4CCCCC4)nc3OCC3COC3)nc2)ccc1C#N. The second kappa shape index (κ2) is 17.1. The summed E-state index contributed by atoms with van der Waals surface area (Å²) in [6.45, 7) is 10.5. The van der Waals surface area contributed by atoms with Crippen molar-refractivity contribution in [2.24, 2.45) is 16.6 Å². The number of nitrogens with zero attached hydrogens (tertiary/aromatic N) is 6. The van der Waals surface area contributed by atoms with Crippen LogP contribution in [0.15, 0.2) is 41.8 Å². The first-order valence-corrected chi connectivity index (χ1v) is 16.6. The average Bonchev–Trinajstić information content (AvgIpc) is 3.46. The van der Waals surface area contributed by atoms with E-state index in [1.165, 1.54) is 25.6 Å². The molecule has 0 amide bonds. The molecule has 0 bridgehead atoms. The molecule has 4 N–H and O–H groups in total. The highest BCUT2D eigenvalue weighted by atomic mass is 16.5. The molecule has 6 rings (SSSR count). The normalized spacial score (nSPS) is 20.8. The maximum atomic E-state index is 9.50. The van der Waals surface area contributed by atoms with Gasteiger partial charge in [-0.3, -0.25) is 9.67 Å². The first-order chi connectivity index (χ1) is 22.9. The Morgan fingerprint density at radius 3 is 2.51 bits per heavy atom. The number of aromatic nitrogens is 4. The molecule has 2 aliphatic heterocycles. The van der Waals surface area contributed by atoms with Crippen molar-refractivity contribution >= 4 is 18.0 Å².